The predicted octanol–water partition coefficient (Wildman–Crippen LogP) is 3.93. The Hall–Kier alpha value is -2.46. The van der Waals surface area contributed by atoms with E-state index in [0.29, 0.717) is 43.5 Å². The van der Waals surface area contributed by atoms with Gasteiger partial charge in [0, 0.05) is 43.1 Å². The Morgan fingerprint density at radius 1 is 1.19 bits per heavy atom. The number of nitrogens with zero attached hydrogens (tertiary/aromatic N) is 3. The van der Waals surface area contributed by atoms with Crippen molar-refractivity contribution >= 4 is 5.82 Å². The highest BCUT2D eigenvalue weighted by atomic mass is 19.4. The van der Waals surface area contributed by atoms with Crippen LogP contribution in [0.3, 0.4) is 0 Å². The Labute approximate surface area is 182 Å². The molecule has 3 heterocycles. The standard InChI is InChI=1S/C22H24F4N4O2/c1-30-9-13(23)7-14(10-30)27-20-17-11-32-21(4-5-21)8-16(17)19(28-29-20)15-3-2-12(6-18(15)31)22(24,25)26/h2-3,6,13-14,31H,4-5,7-11H2,1H3,(H,27,29)/t13-,14?/m1/s1. The molecule has 6 nitrogen and oxygen atoms in total. The van der Waals surface area contributed by atoms with E-state index in [1.807, 2.05) is 11.9 Å². The van der Waals surface area contributed by atoms with Crippen LogP contribution in [0.4, 0.5) is 23.4 Å². The van der Waals surface area contributed by atoms with Crippen LogP contribution in [-0.4, -0.2) is 58.2 Å². The summed E-state index contributed by atoms with van der Waals surface area (Å²) in [5, 5.41) is 22.2. The summed E-state index contributed by atoms with van der Waals surface area (Å²) in [5.41, 5.74) is 0.919. The van der Waals surface area contributed by atoms with Crippen molar-refractivity contribution in [1.82, 2.24) is 15.1 Å². The molecular formula is C22H24F4N4O2. The Balaban J connectivity index is 1.52. The van der Waals surface area contributed by atoms with Gasteiger partial charge in [-0.3, -0.25) is 0 Å². The number of benzene rings is 1. The van der Waals surface area contributed by atoms with Crippen LogP contribution in [0.1, 0.15) is 36.0 Å². The quantitative estimate of drug-likeness (QED) is 0.688. The van der Waals surface area contributed by atoms with Crippen molar-refractivity contribution < 1.29 is 27.4 Å². The average molecular weight is 452 g/mol. The summed E-state index contributed by atoms with van der Waals surface area (Å²) in [7, 11) is 1.86. The van der Waals surface area contributed by atoms with E-state index < -0.39 is 23.7 Å². The molecule has 2 fully saturated rings. The van der Waals surface area contributed by atoms with Crippen LogP contribution < -0.4 is 5.32 Å². The molecule has 1 aromatic carbocycles. The lowest BCUT2D eigenvalue weighted by atomic mass is 9.92. The Kier molecular flexibility index (Phi) is 5.05. The number of aromatic nitrogens is 2. The summed E-state index contributed by atoms with van der Waals surface area (Å²) >= 11 is 0. The van der Waals surface area contributed by atoms with Crippen molar-refractivity contribution in [2.24, 2.45) is 0 Å². The largest absolute Gasteiger partial charge is 0.507 e. The molecule has 0 amide bonds. The zero-order valence-corrected chi connectivity index (χ0v) is 17.5. The predicted molar refractivity (Wildman–Crippen MR) is 109 cm³/mol. The van der Waals surface area contributed by atoms with Crippen molar-refractivity contribution in [3.8, 4) is 17.0 Å². The summed E-state index contributed by atoms with van der Waals surface area (Å²) in [6, 6.07) is 2.72. The van der Waals surface area contributed by atoms with Gasteiger partial charge in [0.25, 0.3) is 0 Å². The third kappa shape index (κ3) is 4.01. The number of aromatic hydroxyl groups is 1. The van der Waals surface area contributed by atoms with Gasteiger partial charge in [-0.25, -0.2) is 4.39 Å². The molecule has 10 heteroatoms. The molecule has 1 unspecified atom stereocenters. The fourth-order valence-corrected chi connectivity index (χ4v) is 4.70. The molecule has 3 aliphatic rings. The average Bonchev–Trinajstić information content (AvgIpc) is 3.45. The number of hydrogen-bond acceptors (Lipinski definition) is 6. The van der Waals surface area contributed by atoms with E-state index in [2.05, 4.69) is 15.5 Å². The number of fused-ring (bicyclic) bond motifs is 1. The van der Waals surface area contributed by atoms with E-state index in [9.17, 15) is 22.7 Å². The lowest BCUT2D eigenvalue weighted by Crippen LogP contribution is -2.45. The van der Waals surface area contributed by atoms with Crippen LogP contribution in [0.15, 0.2) is 18.2 Å². The number of likely N-dealkylation sites (tertiary alicyclic amines) is 1. The summed E-state index contributed by atoms with van der Waals surface area (Å²) in [5.74, 6) is 0.000649. The van der Waals surface area contributed by atoms with Crippen LogP contribution in [0.25, 0.3) is 11.3 Å². The Morgan fingerprint density at radius 3 is 2.62 bits per heavy atom. The van der Waals surface area contributed by atoms with Crippen molar-refractivity contribution in [2.75, 3.05) is 25.5 Å². The molecule has 5 rings (SSSR count). The number of ether oxygens (including phenoxy) is 1. The van der Waals surface area contributed by atoms with Gasteiger partial charge in [0.15, 0.2) is 5.82 Å². The minimum atomic E-state index is -4.55. The third-order valence-corrected chi connectivity index (χ3v) is 6.52. The van der Waals surface area contributed by atoms with E-state index in [-0.39, 0.29) is 23.8 Å². The molecular weight excluding hydrogens is 428 g/mol. The fraction of sp³-hybridized carbons (Fsp3) is 0.545. The molecule has 2 aliphatic heterocycles. The van der Waals surface area contributed by atoms with E-state index in [0.717, 1.165) is 30.0 Å². The minimum Gasteiger partial charge on any atom is -0.507 e. The van der Waals surface area contributed by atoms with Crippen molar-refractivity contribution in [3.63, 3.8) is 0 Å². The number of likely N-dealkylation sites (N-methyl/N-ethyl adjacent to an activating group) is 1. The molecule has 0 radical (unpaired) electrons. The number of nitrogens with one attached hydrogen (secondary N) is 1. The SMILES string of the molecule is CN1CC(Nc2nnc(-c3ccc(C(F)(F)F)cc3O)c3c2COC2(CC2)C3)C[C@@H](F)C1. The lowest BCUT2D eigenvalue weighted by Gasteiger charge is -2.34. The summed E-state index contributed by atoms with van der Waals surface area (Å²) in [6.45, 7) is 1.33. The summed E-state index contributed by atoms with van der Waals surface area (Å²) in [6.07, 6.45) is -2.81. The van der Waals surface area contributed by atoms with Gasteiger partial charge >= 0.3 is 6.18 Å². The van der Waals surface area contributed by atoms with E-state index in [4.69, 9.17) is 4.74 Å². The number of rotatable bonds is 3. The van der Waals surface area contributed by atoms with Crippen LogP contribution in [0.5, 0.6) is 5.75 Å². The Bertz CT molecular complexity index is 1030. The molecule has 2 atom stereocenters. The number of halogens is 4. The smallest absolute Gasteiger partial charge is 0.416 e. The first kappa shape index (κ1) is 21.4. The molecule has 32 heavy (non-hydrogen) atoms. The first-order chi connectivity index (χ1) is 15.1. The van der Waals surface area contributed by atoms with Crippen LogP contribution in [-0.2, 0) is 23.9 Å². The molecule has 1 spiro atoms. The van der Waals surface area contributed by atoms with Gasteiger partial charge in [0.2, 0.25) is 0 Å². The zero-order chi connectivity index (χ0) is 22.7. The van der Waals surface area contributed by atoms with Crippen LogP contribution >= 0.6 is 0 Å². The highest BCUT2D eigenvalue weighted by Gasteiger charge is 2.48. The number of piperidine rings is 1. The maximum absolute atomic E-state index is 14.0. The third-order valence-electron chi connectivity index (χ3n) is 6.52. The van der Waals surface area contributed by atoms with Gasteiger partial charge in [0.05, 0.1) is 17.8 Å². The van der Waals surface area contributed by atoms with Crippen LogP contribution in [0, 0.1) is 0 Å². The molecule has 172 valence electrons. The van der Waals surface area contributed by atoms with Gasteiger partial charge in [-0.1, -0.05) is 0 Å². The van der Waals surface area contributed by atoms with Crippen molar-refractivity contribution in [2.45, 2.75) is 56.3 Å². The second-order valence-corrected chi connectivity index (χ2v) is 9.13. The van der Waals surface area contributed by atoms with Crippen molar-refractivity contribution in [1.29, 1.82) is 0 Å². The lowest BCUT2D eigenvalue weighted by molar-refractivity contribution is -0.137. The maximum atomic E-state index is 14.0. The van der Waals surface area contributed by atoms with Gasteiger partial charge in [0.1, 0.15) is 17.6 Å². The molecule has 2 aromatic rings. The van der Waals surface area contributed by atoms with Gasteiger partial charge in [-0.15, -0.1) is 10.2 Å². The second-order valence-electron chi connectivity index (χ2n) is 9.13. The fourth-order valence-electron chi connectivity index (χ4n) is 4.70. The van der Waals surface area contributed by atoms with E-state index in [1.165, 1.54) is 6.07 Å². The molecule has 0 bridgehead atoms. The van der Waals surface area contributed by atoms with E-state index >= 15 is 0 Å². The molecule has 1 saturated carbocycles. The van der Waals surface area contributed by atoms with Gasteiger partial charge < -0.3 is 20.1 Å². The maximum Gasteiger partial charge on any atom is 0.416 e. The number of anilines is 1. The minimum absolute atomic E-state index is 0.149. The number of hydrogen-bond donors (Lipinski definition) is 2. The topological polar surface area (TPSA) is 70.5 Å². The van der Waals surface area contributed by atoms with Gasteiger partial charge in [-0.2, -0.15) is 13.2 Å². The highest BCUT2D eigenvalue weighted by molar-refractivity contribution is 5.73. The normalized spacial score (nSPS) is 24.9. The van der Waals surface area contributed by atoms with E-state index in [1.54, 1.807) is 0 Å². The first-order valence-corrected chi connectivity index (χ1v) is 10.7. The monoisotopic (exact) mass is 452 g/mol. The summed E-state index contributed by atoms with van der Waals surface area (Å²) < 4.78 is 59.2. The number of phenolic OH excluding ortho intramolecular Hbond substituents is 1. The first-order valence-electron chi connectivity index (χ1n) is 10.7. The Morgan fingerprint density at radius 2 is 1.97 bits per heavy atom. The second kappa shape index (κ2) is 7.55. The highest BCUT2D eigenvalue weighted by Crippen LogP contribution is 2.49. The number of phenols is 1. The summed E-state index contributed by atoms with van der Waals surface area (Å²) in [4.78, 5) is 1.91. The van der Waals surface area contributed by atoms with Gasteiger partial charge in [-0.05, 0) is 43.7 Å². The van der Waals surface area contributed by atoms with Crippen LogP contribution in [0.2, 0.25) is 0 Å². The van der Waals surface area contributed by atoms with Crippen molar-refractivity contribution in [3.05, 3.63) is 34.9 Å². The zero-order valence-electron chi connectivity index (χ0n) is 17.5. The number of alkyl halides is 4. The molecule has 2 N–H and O–H groups in total. The molecule has 1 aromatic heterocycles. The molecule has 1 aliphatic carbocycles. The molecule has 1 saturated heterocycles.